The Morgan fingerprint density at radius 1 is 1.12 bits per heavy atom. The molecular weight excluding hydrogens is 517 g/mol. The molecule has 40 heavy (non-hydrogen) atoms. The second kappa shape index (κ2) is 11.7. The lowest BCUT2D eigenvalue weighted by molar-refractivity contribution is -0.117. The molecule has 0 spiro atoms. The molecule has 1 atom stereocenters. The average Bonchev–Trinajstić information content (AvgIpc) is 3.64. The second-order valence-corrected chi connectivity index (χ2v) is 10.3. The first kappa shape index (κ1) is 28.5. The van der Waals surface area contributed by atoms with Gasteiger partial charge in [-0.1, -0.05) is 11.2 Å². The van der Waals surface area contributed by atoms with Crippen LogP contribution in [0.4, 0.5) is 22.0 Å². The maximum Gasteiger partial charge on any atom is 0.407 e. The van der Waals surface area contributed by atoms with Crippen molar-refractivity contribution in [3.05, 3.63) is 35.8 Å². The van der Waals surface area contributed by atoms with Crippen LogP contribution in [0.3, 0.4) is 0 Å². The van der Waals surface area contributed by atoms with Crippen molar-refractivity contribution in [2.45, 2.75) is 31.0 Å². The predicted octanol–water partition coefficient (Wildman–Crippen LogP) is -0.715. The Morgan fingerprint density at radius 2 is 1.88 bits per heavy atom. The molecule has 3 amide bonds. The Kier molecular flexibility index (Phi) is 8.31. The number of amides is 3. The molecule has 1 aromatic carbocycles. The molecule has 1 fully saturated rings. The summed E-state index contributed by atoms with van der Waals surface area (Å²) in [4.78, 5) is 41.4. The Morgan fingerprint density at radius 3 is 2.52 bits per heavy atom. The number of anilines is 3. The lowest BCUT2D eigenvalue weighted by Gasteiger charge is -2.21. The van der Waals surface area contributed by atoms with E-state index in [2.05, 4.69) is 46.3 Å². The zero-order valence-electron chi connectivity index (χ0n) is 23.1. The van der Waals surface area contributed by atoms with Gasteiger partial charge in [-0.3, -0.25) is 9.59 Å². The summed E-state index contributed by atoms with van der Waals surface area (Å²) in [6, 6.07) is 6.16. The van der Waals surface area contributed by atoms with Crippen LogP contribution in [0.25, 0.3) is 11.5 Å². The van der Waals surface area contributed by atoms with Crippen LogP contribution >= 0.6 is 0 Å². The number of carbonyl (C=O) groups excluding carboxylic acids is 3. The van der Waals surface area contributed by atoms with Crippen LogP contribution in [-0.4, -0.2) is 81.2 Å². The van der Waals surface area contributed by atoms with E-state index in [1.54, 1.807) is 31.2 Å². The van der Waals surface area contributed by atoms with Crippen LogP contribution in [0.15, 0.2) is 28.8 Å². The van der Waals surface area contributed by atoms with Crippen molar-refractivity contribution in [2.24, 2.45) is 5.92 Å². The van der Waals surface area contributed by atoms with Gasteiger partial charge in [0.2, 0.25) is 5.91 Å². The molecule has 1 aliphatic rings. The molecule has 0 radical (unpaired) electrons. The van der Waals surface area contributed by atoms with E-state index in [1.165, 1.54) is 14.2 Å². The fourth-order valence-corrected chi connectivity index (χ4v) is 3.68. The number of nitrogens with zero attached hydrogens (tertiary/aromatic N) is 4. The number of para-hydroxylation sites is 1. The van der Waals surface area contributed by atoms with Gasteiger partial charge in [0, 0.05) is 12.0 Å². The van der Waals surface area contributed by atoms with Gasteiger partial charge < -0.3 is 35.3 Å². The first-order valence-corrected chi connectivity index (χ1v) is 12.6. The van der Waals surface area contributed by atoms with Crippen LogP contribution in [0.2, 0.25) is 0 Å². The van der Waals surface area contributed by atoms with Crippen LogP contribution in [-0.2, 0) is 9.53 Å². The number of methoxy groups -OCH3 is 2. The standard InChI is InChI=1S/C23H29B3N8O6/c1-10(27-22(37)39-3)18-30-21(40-34-18)12-5-4-6-13(17(12)38-2)28-14-9-15(29-19(35)11-7-8-11)32-33-16(14)20(36)31-23(24,25)26/h4-6,9-11H,7-8,24-26H2,1-3H3,(H,27,37)(H,31,36)(H2,28,29,32,35)/t10-/m0/s1. The zero-order valence-corrected chi connectivity index (χ0v) is 23.1. The third-order valence-electron chi connectivity index (χ3n) is 5.76. The van der Waals surface area contributed by atoms with Crippen LogP contribution in [0.1, 0.15) is 42.1 Å². The minimum atomic E-state index is -0.632. The van der Waals surface area contributed by atoms with Crippen molar-refractivity contribution in [1.29, 1.82) is 0 Å². The summed E-state index contributed by atoms with van der Waals surface area (Å²) < 4.78 is 15.7. The number of nitrogens with one attached hydrogen (secondary N) is 4. The fourth-order valence-electron chi connectivity index (χ4n) is 3.68. The molecule has 14 nitrogen and oxygen atoms in total. The van der Waals surface area contributed by atoms with Crippen LogP contribution < -0.4 is 26.0 Å². The summed E-state index contributed by atoms with van der Waals surface area (Å²) in [7, 11) is 8.28. The van der Waals surface area contributed by atoms with E-state index >= 15 is 0 Å². The summed E-state index contributed by atoms with van der Waals surface area (Å²) >= 11 is 0. The Bertz CT molecular complexity index is 1430. The molecule has 0 saturated heterocycles. The SMILES string of the molecule is BC(B)(B)NC(=O)c1nnc(NC(=O)C2CC2)cc1Nc1cccc(-c2nc([C@H](C)NC(=O)OC)no2)c1OC. The highest BCUT2D eigenvalue weighted by Gasteiger charge is 2.30. The van der Waals surface area contributed by atoms with E-state index in [1.807, 2.05) is 23.5 Å². The van der Waals surface area contributed by atoms with E-state index in [0.29, 0.717) is 22.7 Å². The largest absolute Gasteiger partial charge is 0.494 e. The highest BCUT2D eigenvalue weighted by Crippen LogP contribution is 2.38. The highest BCUT2D eigenvalue weighted by atomic mass is 16.5. The number of hydrogen-bond donors (Lipinski definition) is 4. The molecular formula is C23H29B3N8O6. The summed E-state index contributed by atoms with van der Waals surface area (Å²) in [6.07, 6.45) is 1.03. The Balaban J connectivity index is 1.68. The summed E-state index contributed by atoms with van der Waals surface area (Å²) in [5.41, 5.74) is 1.23. The van der Waals surface area contributed by atoms with Gasteiger partial charge in [0.1, 0.15) is 23.5 Å². The minimum absolute atomic E-state index is 0.0228. The van der Waals surface area contributed by atoms with Gasteiger partial charge in [-0.25, -0.2) is 4.79 Å². The lowest BCUT2D eigenvalue weighted by atomic mass is 9.49. The van der Waals surface area contributed by atoms with Gasteiger partial charge in [0.25, 0.3) is 11.8 Å². The number of hydrogen-bond acceptors (Lipinski definition) is 11. The fraction of sp³-hybridized carbons (Fsp3) is 0.348. The zero-order chi connectivity index (χ0) is 29.0. The van der Waals surface area contributed by atoms with Gasteiger partial charge in [-0.2, -0.15) is 4.98 Å². The van der Waals surface area contributed by atoms with Gasteiger partial charge in [0.15, 0.2) is 23.1 Å². The molecule has 2 heterocycles. The quantitative estimate of drug-likeness (QED) is 0.236. The first-order chi connectivity index (χ1) is 19.0. The van der Waals surface area contributed by atoms with Gasteiger partial charge in [0.05, 0.1) is 37.2 Å². The maximum atomic E-state index is 13.1. The van der Waals surface area contributed by atoms with Crippen molar-refractivity contribution in [1.82, 2.24) is 31.0 Å². The number of alkyl carbamates (subject to hydrolysis) is 1. The summed E-state index contributed by atoms with van der Waals surface area (Å²) in [6.45, 7) is 1.68. The molecule has 0 unspecified atom stereocenters. The van der Waals surface area contributed by atoms with Gasteiger partial charge in [-0.05, 0) is 37.1 Å². The Hall–Kier alpha value is -4.56. The predicted molar refractivity (Wildman–Crippen MR) is 153 cm³/mol. The topological polar surface area (TPSA) is 182 Å². The lowest BCUT2D eigenvalue weighted by Crippen LogP contribution is -2.50. The number of benzene rings is 1. The van der Waals surface area contributed by atoms with Gasteiger partial charge in [-0.15, -0.1) is 10.2 Å². The number of ether oxygens (including phenoxy) is 2. The molecule has 206 valence electrons. The van der Waals surface area contributed by atoms with E-state index in [9.17, 15) is 14.4 Å². The number of rotatable bonds is 10. The average molecular weight is 546 g/mol. The molecule has 17 heteroatoms. The monoisotopic (exact) mass is 546 g/mol. The van der Waals surface area contributed by atoms with Crippen molar-refractivity contribution in [3.63, 3.8) is 0 Å². The molecule has 3 aromatic rings. The first-order valence-electron chi connectivity index (χ1n) is 12.6. The van der Waals surface area contributed by atoms with Gasteiger partial charge >= 0.3 is 6.09 Å². The van der Waals surface area contributed by atoms with Crippen LogP contribution in [0.5, 0.6) is 5.75 Å². The molecule has 2 aromatic heterocycles. The Labute approximate surface area is 233 Å². The van der Waals surface area contributed by atoms with Crippen molar-refractivity contribution in [3.8, 4) is 17.2 Å². The smallest absolute Gasteiger partial charge is 0.407 e. The number of carbonyl (C=O) groups is 3. The molecule has 4 rings (SSSR count). The number of aromatic nitrogens is 4. The van der Waals surface area contributed by atoms with Crippen molar-refractivity contribution in [2.75, 3.05) is 24.9 Å². The molecule has 0 bridgehead atoms. The van der Waals surface area contributed by atoms with Crippen molar-refractivity contribution >= 4 is 58.6 Å². The molecule has 0 aliphatic heterocycles. The third kappa shape index (κ3) is 6.90. The van der Waals surface area contributed by atoms with E-state index in [-0.39, 0.29) is 35.1 Å². The van der Waals surface area contributed by atoms with E-state index in [4.69, 9.17) is 9.26 Å². The molecule has 1 aliphatic carbocycles. The summed E-state index contributed by atoms with van der Waals surface area (Å²) in [5.74, 6) is 0.287. The highest BCUT2D eigenvalue weighted by molar-refractivity contribution is 6.60. The maximum absolute atomic E-state index is 13.1. The normalized spacial score (nSPS) is 13.6. The molecule has 1 saturated carbocycles. The molecule has 4 N–H and O–H groups in total. The van der Waals surface area contributed by atoms with Crippen LogP contribution in [0, 0.1) is 5.92 Å². The van der Waals surface area contributed by atoms with E-state index < -0.39 is 23.3 Å². The minimum Gasteiger partial charge on any atom is -0.494 e. The second-order valence-electron chi connectivity index (χ2n) is 10.3. The summed E-state index contributed by atoms with van der Waals surface area (Å²) in [5, 5.41) is 23.0. The van der Waals surface area contributed by atoms with E-state index in [0.717, 1.165) is 12.8 Å². The third-order valence-corrected chi connectivity index (χ3v) is 5.76. The van der Waals surface area contributed by atoms with Crippen molar-refractivity contribution < 1.29 is 28.4 Å².